The monoisotopic (exact) mass is 487 g/mol. The Morgan fingerprint density at radius 1 is 1.27 bits per heavy atom. The van der Waals surface area contributed by atoms with Crippen molar-refractivity contribution in [3.63, 3.8) is 0 Å². The Balaban J connectivity index is 1.60. The number of allylic oxidation sites excluding steroid dienone is 1. The first-order valence-corrected chi connectivity index (χ1v) is 12.4. The van der Waals surface area contributed by atoms with Gasteiger partial charge < -0.3 is 24.6 Å². The van der Waals surface area contributed by atoms with Gasteiger partial charge in [0, 0.05) is 55.3 Å². The summed E-state index contributed by atoms with van der Waals surface area (Å²) >= 11 is 7.41. The van der Waals surface area contributed by atoms with Gasteiger partial charge in [-0.25, -0.2) is 14.8 Å². The highest BCUT2D eigenvalue weighted by Crippen LogP contribution is 2.31. The second kappa shape index (κ2) is 11.0. The molecule has 176 valence electrons. The van der Waals surface area contributed by atoms with Crippen molar-refractivity contribution >= 4 is 40.6 Å². The molecular weight excluding hydrogens is 458 g/mol. The van der Waals surface area contributed by atoms with Crippen LogP contribution in [0, 0.1) is 0 Å². The summed E-state index contributed by atoms with van der Waals surface area (Å²) in [7, 11) is 1.58. The number of thiophene rings is 1. The van der Waals surface area contributed by atoms with Gasteiger partial charge in [-0.3, -0.25) is 0 Å². The van der Waals surface area contributed by atoms with Crippen LogP contribution in [0.1, 0.15) is 36.2 Å². The van der Waals surface area contributed by atoms with Gasteiger partial charge in [-0.05, 0) is 49.9 Å². The van der Waals surface area contributed by atoms with Crippen LogP contribution in [-0.4, -0.2) is 65.9 Å². The van der Waals surface area contributed by atoms with Gasteiger partial charge in [-0.1, -0.05) is 6.07 Å². The third-order valence-electron chi connectivity index (χ3n) is 5.88. The fourth-order valence-electron chi connectivity index (χ4n) is 4.10. The Morgan fingerprint density at radius 2 is 2.03 bits per heavy atom. The van der Waals surface area contributed by atoms with E-state index in [0.29, 0.717) is 23.8 Å². The van der Waals surface area contributed by atoms with Crippen LogP contribution in [0.25, 0.3) is 0 Å². The number of nitrogens with one attached hydrogen (secondary N) is 1. The topological polar surface area (TPSA) is 79.8 Å². The molecule has 0 aromatic carbocycles. The van der Waals surface area contributed by atoms with Crippen molar-refractivity contribution in [2.75, 3.05) is 44.9 Å². The molecule has 0 bridgehead atoms. The maximum Gasteiger partial charge on any atom is 0.338 e. The molecule has 0 radical (unpaired) electrons. The van der Waals surface area contributed by atoms with Crippen molar-refractivity contribution in [3.8, 4) is 0 Å². The molecule has 2 aliphatic heterocycles. The van der Waals surface area contributed by atoms with Crippen LogP contribution in [-0.2, 0) is 20.7 Å². The Kier molecular flexibility index (Phi) is 7.89. The molecule has 4 rings (SSSR count). The molecule has 0 amide bonds. The summed E-state index contributed by atoms with van der Waals surface area (Å²) in [5.74, 6) is 0.325. The first-order chi connectivity index (χ1) is 16.1. The Morgan fingerprint density at radius 3 is 2.70 bits per heavy atom. The SMILES string of the molecule is COCCOC(=O)C1=C(C)N(CCc2cccs2)C(=S)NC1c1cnc(N2CCCC2)nc1. The summed E-state index contributed by atoms with van der Waals surface area (Å²) in [5.41, 5.74) is 2.07. The zero-order chi connectivity index (χ0) is 23.2. The quantitative estimate of drug-likeness (QED) is 0.326. The number of thiocarbonyl (C=S) groups is 1. The molecule has 2 aromatic rings. The molecule has 0 spiro atoms. The summed E-state index contributed by atoms with van der Waals surface area (Å²) in [5, 5.41) is 5.97. The van der Waals surface area contributed by atoms with Crippen LogP contribution in [0.2, 0.25) is 0 Å². The first-order valence-electron chi connectivity index (χ1n) is 11.1. The van der Waals surface area contributed by atoms with Crippen LogP contribution in [0.3, 0.4) is 0 Å². The van der Waals surface area contributed by atoms with Gasteiger partial charge in [0.2, 0.25) is 5.95 Å². The van der Waals surface area contributed by atoms with E-state index in [9.17, 15) is 4.79 Å². The number of anilines is 1. The molecule has 10 heteroatoms. The van der Waals surface area contributed by atoms with E-state index in [1.165, 1.54) is 4.88 Å². The molecule has 2 aromatic heterocycles. The van der Waals surface area contributed by atoms with E-state index in [1.54, 1.807) is 30.8 Å². The molecule has 8 nitrogen and oxygen atoms in total. The van der Waals surface area contributed by atoms with Crippen LogP contribution < -0.4 is 10.2 Å². The van der Waals surface area contributed by atoms with E-state index < -0.39 is 12.0 Å². The van der Waals surface area contributed by atoms with E-state index in [4.69, 9.17) is 21.7 Å². The summed E-state index contributed by atoms with van der Waals surface area (Å²) in [6.45, 7) is 5.05. The summed E-state index contributed by atoms with van der Waals surface area (Å²) < 4.78 is 10.5. The zero-order valence-electron chi connectivity index (χ0n) is 19.0. The predicted octanol–water partition coefficient (Wildman–Crippen LogP) is 3.08. The van der Waals surface area contributed by atoms with Gasteiger partial charge in [0.05, 0.1) is 18.2 Å². The Labute approximate surface area is 203 Å². The third kappa shape index (κ3) is 5.51. The summed E-state index contributed by atoms with van der Waals surface area (Å²) in [6, 6.07) is 3.67. The van der Waals surface area contributed by atoms with Gasteiger partial charge in [0.15, 0.2) is 5.11 Å². The van der Waals surface area contributed by atoms with Gasteiger partial charge in [0.25, 0.3) is 0 Å². The molecule has 0 saturated carbocycles. The number of aromatic nitrogens is 2. The van der Waals surface area contributed by atoms with Crippen molar-refractivity contribution in [1.29, 1.82) is 0 Å². The minimum atomic E-state index is -0.474. The van der Waals surface area contributed by atoms with Gasteiger partial charge >= 0.3 is 5.97 Å². The average Bonchev–Trinajstić information content (AvgIpc) is 3.53. The second-order valence-electron chi connectivity index (χ2n) is 8.00. The molecule has 33 heavy (non-hydrogen) atoms. The summed E-state index contributed by atoms with van der Waals surface area (Å²) in [6.07, 6.45) is 6.70. The van der Waals surface area contributed by atoms with Crippen molar-refractivity contribution in [1.82, 2.24) is 20.2 Å². The lowest BCUT2D eigenvalue weighted by Gasteiger charge is -2.37. The fraction of sp³-hybridized carbons (Fsp3) is 0.478. The number of hydrogen-bond acceptors (Lipinski definition) is 8. The van der Waals surface area contributed by atoms with Gasteiger partial charge in [0.1, 0.15) is 6.61 Å². The normalized spacial score (nSPS) is 18.6. The summed E-state index contributed by atoms with van der Waals surface area (Å²) in [4.78, 5) is 27.7. The number of carbonyl (C=O) groups excluding carboxylic acids is 1. The number of ether oxygens (including phenoxy) is 2. The minimum Gasteiger partial charge on any atom is -0.460 e. The Hall–Kier alpha value is -2.56. The van der Waals surface area contributed by atoms with Crippen molar-refractivity contribution in [3.05, 3.63) is 51.6 Å². The van der Waals surface area contributed by atoms with E-state index >= 15 is 0 Å². The number of methoxy groups -OCH3 is 1. The third-order valence-corrected chi connectivity index (χ3v) is 7.15. The van der Waals surface area contributed by atoms with E-state index in [0.717, 1.165) is 49.6 Å². The molecule has 2 aliphatic rings. The maximum atomic E-state index is 13.1. The molecular formula is C23H29N5O3S2. The molecule has 0 aliphatic carbocycles. The predicted molar refractivity (Wildman–Crippen MR) is 132 cm³/mol. The number of hydrogen-bond donors (Lipinski definition) is 1. The number of nitrogens with zero attached hydrogens (tertiary/aromatic N) is 4. The second-order valence-corrected chi connectivity index (χ2v) is 9.42. The molecule has 1 atom stereocenters. The highest BCUT2D eigenvalue weighted by Gasteiger charge is 2.35. The molecule has 1 fully saturated rings. The molecule has 1 saturated heterocycles. The van der Waals surface area contributed by atoms with E-state index in [-0.39, 0.29) is 6.61 Å². The van der Waals surface area contributed by atoms with Crippen molar-refractivity contribution < 1.29 is 14.3 Å². The smallest absolute Gasteiger partial charge is 0.338 e. The molecule has 1 N–H and O–H groups in total. The zero-order valence-corrected chi connectivity index (χ0v) is 20.6. The average molecular weight is 488 g/mol. The molecule has 4 heterocycles. The van der Waals surface area contributed by atoms with Crippen molar-refractivity contribution in [2.24, 2.45) is 0 Å². The maximum absolute atomic E-state index is 13.1. The first kappa shape index (κ1) is 23.6. The number of rotatable bonds is 9. The van der Waals surface area contributed by atoms with Crippen LogP contribution in [0.5, 0.6) is 0 Å². The van der Waals surface area contributed by atoms with Crippen LogP contribution in [0.15, 0.2) is 41.2 Å². The van der Waals surface area contributed by atoms with E-state index in [1.807, 2.05) is 17.9 Å². The fourth-order valence-corrected chi connectivity index (χ4v) is 5.14. The standard InChI is InChI=1S/C23H29N5O3S2/c1-16-19(21(29)31-12-11-30-2)20(17-14-24-22(25-15-17)27-8-3-4-9-27)26-23(32)28(16)10-7-18-6-5-13-33-18/h5-6,13-15,20H,3-4,7-12H2,1-2H3,(H,26,32). The largest absolute Gasteiger partial charge is 0.460 e. The van der Waals surface area contributed by atoms with Gasteiger partial charge in [-0.15, -0.1) is 11.3 Å². The van der Waals surface area contributed by atoms with Crippen LogP contribution >= 0.6 is 23.6 Å². The molecule has 1 unspecified atom stereocenters. The number of carbonyl (C=O) groups is 1. The highest BCUT2D eigenvalue weighted by atomic mass is 32.1. The van der Waals surface area contributed by atoms with Crippen LogP contribution in [0.4, 0.5) is 5.95 Å². The Bertz CT molecular complexity index is 988. The number of esters is 1. The lowest BCUT2D eigenvalue weighted by Crippen LogP contribution is -2.48. The van der Waals surface area contributed by atoms with Gasteiger partial charge in [-0.2, -0.15) is 0 Å². The van der Waals surface area contributed by atoms with Crippen molar-refractivity contribution in [2.45, 2.75) is 32.2 Å². The highest BCUT2D eigenvalue weighted by molar-refractivity contribution is 7.80. The van der Waals surface area contributed by atoms with E-state index in [2.05, 4.69) is 31.6 Å². The minimum absolute atomic E-state index is 0.183. The lowest BCUT2D eigenvalue weighted by molar-refractivity contribution is -0.140. The lowest BCUT2D eigenvalue weighted by atomic mass is 9.97.